The van der Waals surface area contributed by atoms with Crippen molar-refractivity contribution in [3.05, 3.63) is 0 Å². The minimum Gasteiger partial charge on any atom is -0.271 e. The van der Waals surface area contributed by atoms with E-state index < -0.39 is 0 Å². The first-order valence-electron chi connectivity index (χ1n) is 9.46. The summed E-state index contributed by atoms with van der Waals surface area (Å²) in [6.45, 7) is 2.29. The van der Waals surface area contributed by atoms with Crippen LogP contribution in [0.3, 0.4) is 0 Å². The van der Waals surface area contributed by atoms with Crippen LogP contribution in [0, 0.1) is 0 Å². The maximum Gasteiger partial charge on any atom is 0.0329 e. The minimum absolute atomic E-state index is 0.546. The van der Waals surface area contributed by atoms with Crippen LogP contribution < -0.4 is 11.3 Å². The van der Waals surface area contributed by atoms with Gasteiger partial charge in [-0.3, -0.25) is 11.3 Å². The van der Waals surface area contributed by atoms with Gasteiger partial charge in [0.05, 0.1) is 0 Å². The fourth-order valence-corrected chi connectivity index (χ4v) is 4.77. The van der Waals surface area contributed by atoms with Gasteiger partial charge in [0.2, 0.25) is 0 Å². The first-order chi connectivity index (χ1) is 10.4. The van der Waals surface area contributed by atoms with E-state index in [9.17, 15) is 0 Å². The second-order valence-electron chi connectivity index (χ2n) is 6.65. The lowest BCUT2D eigenvalue weighted by Gasteiger charge is -2.29. The SMILES string of the molecule is CCCCCCCCCCCCC(NN)C1CCCCS1. The zero-order chi connectivity index (χ0) is 15.2. The Bertz CT molecular complexity index is 217. The molecule has 3 N–H and O–H groups in total. The number of hydrogen-bond acceptors (Lipinski definition) is 3. The van der Waals surface area contributed by atoms with Crippen LogP contribution in [0.25, 0.3) is 0 Å². The smallest absolute Gasteiger partial charge is 0.0329 e. The molecule has 2 nitrogen and oxygen atoms in total. The van der Waals surface area contributed by atoms with Gasteiger partial charge in [0.1, 0.15) is 0 Å². The molecule has 1 rings (SSSR count). The summed E-state index contributed by atoms with van der Waals surface area (Å²) in [4.78, 5) is 0. The largest absolute Gasteiger partial charge is 0.271 e. The second kappa shape index (κ2) is 13.9. The van der Waals surface area contributed by atoms with Crippen LogP contribution in [-0.4, -0.2) is 17.0 Å². The maximum absolute atomic E-state index is 5.76. The Labute approximate surface area is 137 Å². The molecule has 126 valence electrons. The van der Waals surface area contributed by atoms with Crippen molar-refractivity contribution in [2.24, 2.45) is 5.84 Å². The topological polar surface area (TPSA) is 38.0 Å². The highest BCUT2D eigenvalue weighted by Gasteiger charge is 2.22. The Hall–Kier alpha value is 0.270. The number of hydrazine groups is 1. The highest BCUT2D eigenvalue weighted by Crippen LogP contribution is 2.29. The van der Waals surface area contributed by atoms with Crippen LogP contribution in [0.2, 0.25) is 0 Å². The molecule has 0 spiro atoms. The van der Waals surface area contributed by atoms with Gasteiger partial charge in [0.25, 0.3) is 0 Å². The van der Waals surface area contributed by atoms with Gasteiger partial charge in [-0.15, -0.1) is 0 Å². The Balaban J connectivity index is 1.90. The molecular weight excluding hydrogens is 276 g/mol. The molecule has 0 aromatic carbocycles. The summed E-state index contributed by atoms with van der Waals surface area (Å²) in [6, 6.07) is 0.546. The normalized spacial score (nSPS) is 20.6. The van der Waals surface area contributed by atoms with Crippen molar-refractivity contribution in [1.29, 1.82) is 0 Å². The molecule has 2 atom stereocenters. The van der Waals surface area contributed by atoms with E-state index in [1.807, 2.05) is 0 Å². The number of hydrogen-bond donors (Lipinski definition) is 2. The van der Waals surface area contributed by atoms with Crippen LogP contribution in [0.15, 0.2) is 0 Å². The third-order valence-corrected chi connectivity index (χ3v) is 6.26. The third kappa shape index (κ3) is 9.80. The molecule has 21 heavy (non-hydrogen) atoms. The van der Waals surface area contributed by atoms with Crippen molar-refractivity contribution in [3.8, 4) is 0 Å². The van der Waals surface area contributed by atoms with Gasteiger partial charge in [-0.05, 0) is 25.0 Å². The van der Waals surface area contributed by atoms with Gasteiger partial charge in [0, 0.05) is 11.3 Å². The zero-order valence-corrected chi connectivity index (χ0v) is 15.1. The molecule has 2 unspecified atom stereocenters. The third-order valence-electron chi connectivity index (χ3n) is 4.75. The highest BCUT2D eigenvalue weighted by atomic mass is 32.2. The molecule has 0 aromatic rings. The van der Waals surface area contributed by atoms with Crippen molar-refractivity contribution in [3.63, 3.8) is 0 Å². The molecule has 0 aromatic heterocycles. The van der Waals surface area contributed by atoms with Gasteiger partial charge < -0.3 is 0 Å². The predicted molar refractivity (Wildman–Crippen MR) is 97.7 cm³/mol. The van der Waals surface area contributed by atoms with E-state index in [-0.39, 0.29) is 0 Å². The predicted octanol–water partition coefficient (Wildman–Crippen LogP) is 5.42. The molecule has 3 heteroatoms. The standard InChI is InChI=1S/C18H38N2S/c1-2-3-4-5-6-7-8-9-10-11-14-17(20-19)18-15-12-13-16-21-18/h17-18,20H,2-16,19H2,1H3. The minimum atomic E-state index is 0.546. The highest BCUT2D eigenvalue weighted by molar-refractivity contribution is 8.00. The summed E-state index contributed by atoms with van der Waals surface area (Å²) in [5.41, 5.74) is 3.08. The van der Waals surface area contributed by atoms with Crippen molar-refractivity contribution < 1.29 is 0 Å². The lowest BCUT2D eigenvalue weighted by molar-refractivity contribution is 0.427. The molecule has 1 fully saturated rings. The van der Waals surface area contributed by atoms with E-state index in [1.54, 1.807) is 0 Å². The van der Waals surface area contributed by atoms with Crippen LogP contribution in [0.5, 0.6) is 0 Å². The zero-order valence-electron chi connectivity index (χ0n) is 14.2. The Morgan fingerprint density at radius 3 is 2.10 bits per heavy atom. The molecule has 1 heterocycles. The van der Waals surface area contributed by atoms with Gasteiger partial charge in [-0.1, -0.05) is 77.6 Å². The Kier molecular flexibility index (Phi) is 12.8. The summed E-state index contributed by atoms with van der Waals surface area (Å²) >= 11 is 2.13. The van der Waals surface area contributed by atoms with Crippen molar-refractivity contribution in [2.45, 2.75) is 108 Å². The van der Waals surface area contributed by atoms with Gasteiger partial charge in [0.15, 0.2) is 0 Å². The van der Waals surface area contributed by atoms with E-state index >= 15 is 0 Å². The van der Waals surface area contributed by atoms with Crippen LogP contribution in [0.4, 0.5) is 0 Å². The van der Waals surface area contributed by atoms with E-state index in [0.717, 1.165) is 5.25 Å². The summed E-state index contributed by atoms with van der Waals surface area (Å²) in [5, 5.41) is 0.766. The number of rotatable bonds is 13. The first-order valence-corrected chi connectivity index (χ1v) is 10.5. The summed E-state index contributed by atoms with van der Waals surface area (Å²) in [5.74, 6) is 7.09. The number of thioether (sulfide) groups is 1. The van der Waals surface area contributed by atoms with Crippen molar-refractivity contribution >= 4 is 11.8 Å². The second-order valence-corrected chi connectivity index (χ2v) is 8.00. The van der Waals surface area contributed by atoms with Gasteiger partial charge >= 0.3 is 0 Å². The monoisotopic (exact) mass is 314 g/mol. The molecular formula is C18H38N2S. The van der Waals surface area contributed by atoms with Gasteiger partial charge in [-0.25, -0.2) is 0 Å². The average Bonchev–Trinajstić information content (AvgIpc) is 2.54. The number of nitrogens with one attached hydrogen (secondary N) is 1. The molecule has 1 aliphatic rings. The fourth-order valence-electron chi connectivity index (χ4n) is 3.31. The van der Waals surface area contributed by atoms with E-state index in [2.05, 4.69) is 24.1 Å². The average molecular weight is 315 g/mol. The maximum atomic E-state index is 5.76. The van der Waals surface area contributed by atoms with Crippen molar-refractivity contribution in [1.82, 2.24) is 5.43 Å². The lowest BCUT2D eigenvalue weighted by atomic mass is 10.0. The molecule has 0 saturated carbocycles. The van der Waals surface area contributed by atoms with Crippen LogP contribution >= 0.6 is 11.8 Å². The van der Waals surface area contributed by atoms with E-state index in [0.29, 0.717) is 6.04 Å². The number of nitrogens with two attached hydrogens (primary N) is 1. The first kappa shape index (κ1) is 19.3. The Morgan fingerprint density at radius 2 is 1.57 bits per heavy atom. The lowest BCUT2D eigenvalue weighted by Crippen LogP contribution is -2.43. The summed E-state index contributed by atoms with van der Waals surface area (Å²) < 4.78 is 0. The quantitative estimate of drug-likeness (QED) is 0.271. The van der Waals surface area contributed by atoms with E-state index in [4.69, 9.17) is 5.84 Å². The molecule has 0 aliphatic carbocycles. The molecule has 0 radical (unpaired) electrons. The molecule has 1 saturated heterocycles. The molecule has 1 aliphatic heterocycles. The van der Waals surface area contributed by atoms with Crippen molar-refractivity contribution in [2.75, 3.05) is 5.75 Å². The fraction of sp³-hybridized carbons (Fsp3) is 1.00. The van der Waals surface area contributed by atoms with Crippen LogP contribution in [-0.2, 0) is 0 Å². The molecule has 0 bridgehead atoms. The molecule has 0 amide bonds. The summed E-state index contributed by atoms with van der Waals surface area (Å²) in [6.07, 6.45) is 19.6. The van der Waals surface area contributed by atoms with Crippen LogP contribution in [0.1, 0.15) is 96.8 Å². The van der Waals surface area contributed by atoms with Gasteiger partial charge in [-0.2, -0.15) is 11.8 Å². The Morgan fingerprint density at radius 1 is 0.952 bits per heavy atom. The van der Waals surface area contributed by atoms with E-state index in [1.165, 1.54) is 95.6 Å². The number of unbranched alkanes of at least 4 members (excludes halogenated alkanes) is 9. The summed E-state index contributed by atoms with van der Waals surface area (Å²) in [7, 11) is 0.